The Hall–Kier alpha value is -1.60. The molecule has 0 radical (unpaired) electrons. The third-order valence-corrected chi connectivity index (χ3v) is 3.91. The normalized spacial score (nSPS) is 19.9. The topological polar surface area (TPSA) is 84.7 Å². The monoisotopic (exact) mass is 355 g/mol. The minimum atomic E-state index is -0.729. The lowest BCUT2D eigenvalue weighted by molar-refractivity contribution is -0.133. The lowest BCUT2D eigenvalue weighted by Crippen LogP contribution is -2.53. The van der Waals surface area contributed by atoms with Gasteiger partial charge in [-0.2, -0.15) is 0 Å². The molecule has 1 fully saturated rings. The van der Waals surface area contributed by atoms with Gasteiger partial charge in [0.05, 0.1) is 19.2 Å². The molecule has 0 saturated carbocycles. The number of hydrogen-bond donors (Lipinski definition) is 2. The molecule has 1 aromatic rings. The number of ether oxygens (including phenoxy) is 1. The smallest absolute Gasteiger partial charge is 0.318 e. The van der Waals surface area contributed by atoms with Crippen molar-refractivity contribution in [3.63, 3.8) is 0 Å². The van der Waals surface area contributed by atoms with E-state index in [2.05, 4.69) is 21.2 Å². The summed E-state index contributed by atoms with van der Waals surface area (Å²) < 4.78 is 6.21. The van der Waals surface area contributed by atoms with Gasteiger partial charge in [-0.1, -0.05) is 28.1 Å². The van der Waals surface area contributed by atoms with Crippen molar-refractivity contribution in [1.29, 1.82) is 0 Å². The predicted molar refractivity (Wildman–Crippen MR) is 81.6 cm³/mol. The van der Waals surface area contributed by atoms with Crippen molar-refractivity contribution in [3.8, 4) is 0 Å². The number of rotatable bonds is 3. The van der Waals surface area contributed by atoms with E-state index in [1.165, 1.54) is 0 Å². The standard InChI is InChI=1S/C14H18BrN3O3/c1-9(10-2-4-11(15)5-3-10)17-14(20)18-6-7-21-12(8-18)13(16)19/h2-5,9,12H,6-8H2,1H3,(H2,16,19)(H,17,20)/t9-,12?/m1/s1. The summed E-state index contributed by atoms with van der Waals surface area (Å²) in [5, 5.41) is 2.91. The zero-order valence-electron chi connectivity index (χ0n) is 11.7. The molecule has 1 saturated heterocycles. The number of halogens is 1. The summed E-state index contributed by atoms with van der Waals surface area (Å²) in [7, 11) is 0. The van der Waals surface area contributed by atoms with E-state index in [1.54, 1.807) is 4.90 Å². The number of nitrogens with two attached hydrogens (primary N) is 1. The largest absolute Gasteiger partial charge is 0.367 e. The number of carbonyl (C=O) groups excluding carboxylic acids is 2. The second-order valence-electron chi connectivity index (χ2n) is 4.93. The Kier molecular flexibility index (Phi) is 5.19. The van der Waals surface area contributed by atoms with Gasteiger partial charge in [0.15, 0.2) is 6.10 Å². The molecular weight excluding hydrogens is 338 g/mol. The number of nitrogens with one attached hydrogen (secondary N) is 1. The van der Waals surface area contributed by atoms with Crippen molar-refractivity contribution in [2.75, 3.05) is 19.7 Å². The summed E-state index contributed by atoms with van der Waals surface area (Å²) in [5.41, 5.74) is 6.22. The molecule has 1 aliphatic heterocycles. The SMILES string of the molecule is C[C@@H](NC(=O)N1CCOC(C(N)=O)C1)c1ccc(Br)cc1. The number of amides is 3. The quantitative estimate of drug-likeness (QED) is 0.859. The van der Waals surface area contributed by atoms with Gasteiger partial charge in [-0.3, -0.25) is 4.79 Å². The van der Waals surface area contributed by atoms with Crippen molar-refractivity contribution < 1.29 is 14.3 Å². The molecule has 1 heterocycles. The van der Waals surface area contributed by atoms with E-state index in [-0.39, 0.29) is 18.6 Å². The highest BCUT2D eigenvalue weighted by atomic mass is 79.9. The van der Waals surface area contributed by atoms with Crippen LogP contribution in [0.1, 0.15) is 18.5 Å². The van der Waals surface area contributed by atoms with E-state index in [0.29, 0.717) is 13.2 Å². The average molecular weight is 356 g/mol. The van der Waals surface area contributed by atoms with Gasteiger partial charge in [0.25, 0.3) is 0 Å². The minimum absolute atomic E-state index is 0.125. The molecule has 0 bridgehead atoms. The van der Waals surface area contributed by atoms with E-state index in [0.717, 1.165) is 10.0 Å². The summed E-state index contributed by atoms with van der Waals surface area (Å²) in [6.07, 6.45) is -0.729. The van der Waals surface area contributed by atoms with Gasteiger partial charge in [-0.15, -0.1) is 0 Å². The second kappa shape index (κ2) is 6.91. The molecule has 3 amide bonds. The molecule has 3 N–H and O–H groups in total. The van der Waals surface area contributed by atoms with Crippen molar-refractivity contribution in [3.05, 3.63) is 34.3 Å². The van der Waals surface area contributed by atoms with Crippen LogP contribution in [0.4, 0.5) is 4.79 Å². The van der Waals surface area contributed by atoms with E-state index in [1.807, 2.05) is 31.2 Å². The predicted octanol–water partition coefficient (Wildman–Crippen LogP) is 1.41. The number of urea groups is 1. The van der Waals surface area contributed by atoms with E-state index < -0.39 is 12.0 Å². The van der Waals surface area contributed by atoms with Gasteiger partial charge in [-0.05, 0) is 24.6 Å². The van der Waals surface area contributed by atoms with Crippen LogP contribution in [0.5, 0.6) is 0 Å². The van der Waals surface area contributed by atoms with Crippen LogP contribution in [0.2, 0.25) is 0 Å². The first-order valence-corrected chi connectivity index (χ1v) is 7.48. The first kappa shape index (κ1) is 15.8. The second-order valence-corrected chi connectivity index (χ2v) is 5.85. The zero-order valence-corrected chi connectivity index (χ0v) is 13.3. The Bertz CT molecular complexity index is 521. The van der Waals surface area contributed by atoms with Crippen molar-refractivity contribution in [1.82, 2.24) is 10.2 Å². The van der Waals surface area contributed by atoms with E-state index in [4.69, 9.17) is 10.5 Å². The van der Waals surface area contributed by atoms with Crippen LogP contribution in [-0.4, -0.2) is 42.6 Å². The molecule has 21 heavy (non-hydrogen) atoms. The molecule has 0 spiro atoms. The van der Waals surface area contributed by atoms with Gasteiger partial charge < -0.3 is 20.7 Å². The summed E-state index contributed by atoms with van der Waals surface area (Å²) in [6, 6.07) is 7.40. The van der Waals surface area contributed by atoms with Crippen LogP contribution >= 0.6 is 15.9 Å². The number of hydrogen-bond acceptors (Lipinski definition) is 3. The van der Waals surface area contributed by atoms with Crippen LogP contribution in [0.3, 0.4) is 0 Å². The average Bonchev–Trinajstić information content (AvgIpc) is 2.48. The Balaban J connectivity index is 1.94. The molecule has 6 nitrogen and oxygen atoms in total. The highest BCUT2D eigenvalue weighted by Crippen LogP contribution is 2.17. The highest BCUT2D eigenvalue weighted by molar-refractivity contribution is 9.10. The highest BCUT2D eigenvalue weighted by Gasteiger charge is 2.28. The lowest BCUT2D eigenvalue weighted by Gasteiger charge is -2.32. The van der Waals surface area contributed by atoms with Crippen LogP contribution in [0, 0.1) is 0 Å². The van der Waals surface area contributed by atoms with Crippen LogP contribution in [0.15, 0.2) is 28.7 Å². The van der Waals surface area contributed by atoms with Gasteiger partial charge in [0.1, 0.15) is 0 Å². The molecular formula is C14H18BrN3O3. The third kappa shape index (κ3) is 4.18. The van der Waals surface area contributed by atoms with Crippen molar-refractivity contribution >= 4 is 27.9 Å². The maximum atomic E-state index is 12.2. The van der Waals surface area contributed by atoms with Crippen LogP contribution in [0.25, 0.3) is 0 Å². The number of nitrogens with zero attached hydrogens (tertiary/aromatic N) is 1. The number of benzene rings is 1. The molecule has 1 aliphatic rings. The van der Waals surface area contributed by atoms with Crippen molar-refractivity contribution in [2.45, 2.75) is 19.1 Å². The first-order chi connectivity index (χ1) is 9.97. The molecule has 0 aromatic heterocycles. The van der Waals surface area contributed by atoms with Gasteiger partial charge >= 0.3 is 6.03 Å². The van der Waals surface area contributed by atoms with Crippen molar-refractivity contribution in [2.24, 2.45) is 5.73 Å². The Morgan fingerprint density at radius 1 is 1.43 bits per heavy atom. The van der Waals surface area contributed by atoms with Gasteiger partial charge in [0.2, 0.25) is 5.91 Å². The molecule has 114 valence electrons. The third-order valence-electron chi connectivity index (χ3n) is 3.38. The Morgan fingerprint density at radius 2 is 2.10 bits per heavy atom. The molecule has 1 aromatic carbocycles. The molecule has 0 aliphatic carbocycles. The van der Waals surface area contributed by atoms with E-state index >= 15 is 0 Å². The molecule has 2 atom stereocenters. The van der Waals surface area contributed by atoms with Crippen LogP contribution < -0.4 is 11.1 Å². The summed E-state index contributed by atoms with van der Waals surface area (Å²) in [5.74, 6) is -0.548. The summed E-state index contributed by atoms with van der Waals surface area (Å²) in [6.45, 7) is 2.86. The summed E-state index contributed by atoms with van der Waals surface area (Å²) in [4.78, 5) is 24.9. The fourth-order valence-corrected chi connectivity index (χ4v) is 2.38. The van der Waals surface area contributed by atoms with Gasteiger partial charge in [0, 0.05) is 11.0 Å². The number of morpholine rings is 1. The number of carbonyl (C=O) groups is 2. The Labute approximate surface area is 131 Å². The molecule has 2 rings (SSSR count). The molecule has 1 unspecified atom stereocenters. The van der Waals surface area contributed by atoms with Crippen LogP contribution in [-0.2, 0) is 9.53 Å². The maximum absolute atomic E-state index is 12.2. The van der Waals surface area contributed by atoms with E-state index in [9.17, 15) is 9.59 Å². The maximum Gasteiger partial charge on any atom is 0.318 e. The first-order valence-electron chi connectivity index (χ1n) is 6.69. The lowest BCUT2D eigenvalue weighted by atomic mass is 10.1. The minimum Gasteiger partial charge on any atom is -0.367 e. The fourth-order valence-electron chi connectivity index (χ4n) is 2.12. The summed E-state index contributed by atoms with van der Waals surface area (Å²) >= 11 is 3.37. The zero-order chi connectivity index (χ0) is 15.4. The fraction of sp³-hybridized carbons (Fsp3) is 0.429. The molecule has 7 heteroatoms. The van der Waals surface area contributed by atoms with Gasteiger partial charge in [-0.25, -0.2) is 4.79 Å². The number of primary amides is 1. The Morgan fingerprint density at radius 3 is 2.71 bits per heavy atom.